The van der Waals surface area contributed by atoms with Crippen molar-refractivity contribution in [3.63, 3.8) is 0 Å². The van der Waals surface area contributed by atoms with Crippen molar-refractivity contribution in [2.24, 2.45) is 4.99 Å². The quantitative estimate of drug-likeness (QED) is 0.418. The average molecular weight is 410 g/mol. The molecule has 0 amide bonds. The SMILES string of the molecule is CN=C(NCCn1ccnc1)NCC(C)(C)Sc1ccc(Br)cc1. The van der Waals surface area contributed by atoms with Crippen LogP contribution < -0.4 is 10.6 Å². The Morgan fingerprint density at radius 3 is 2.67 bits per heavy atom. The van der Waals surface area contributed by atoms with Crippen molar-refractivity contribution in [2.75, 3.05) is 20.1 Å². The zero-order valence-electron chi connectivity index (χ0n) is 14.3. The van der Waals surface area contributed by atoms with Crippen LogP contribution in [0.25, 0.3) is 0 Å². The van der Waals surface area contributed by atoms with Gasteiger partial charge < -0.3 is 15.2 Å². The van der Waals surface area contributed by atoms with E-state index in [2.05, 4.69) is 74.7 Å². The van der Waals surface area contributed by atoms with Crippen molar-refractivity contribution in [2.45, 2.75) is 30.0 Å². The number of rotatable bonds is 7. The lowest BCUT2D eigenvalue weighted by molar-refractivity contribution is 0.638. The van der Waals surface area contributed by atoms with Crippen LogP contribution in [-0.4, -0.2) is 40.4 Å². The molecule has 0 saturated heterocycles. The van der Waals surface area contributed by atoms with E-state index in [1.54, 1.807) is 13.2 Å². The summed E-state index contributed by atoms with van der Waals surface area (Å²) in [6.07, 6.45) is 5.56. The van der Waals surface area contributed by atoms with Crippen molar-refractivity contribution >= 4 is 33.7 Å². The third-order valence-electron chi connectivity index (χ3n) is 3.33. The maximum Gasteiger partial charge on any atom is 0.191 e. The van der Waals surface area contributed by atoms with Gasteiger partial charge in [0.1, 0.15) is 0 Å². The fourth-order valence-electron chi connectivity index (χ4n) is 2.10. The van der Waals surface area contributed by atoms with E-state index in [9.17, 15) is 0 Å². The Morgan fingerprint density at radius 1 is 1.29 bits per heavy atom. The molecule has 0 atom stereocenters. The summed E-state index contributed by atoms with van der Waals surface area (Å²) in [6.45, 7) is 6.93. The van der Waals surface area contributed by atoms with Gasteiger partial charge in [0, 0.05) is 53.2 Å². The van der Waals surface area contributed by atoms with Crippen molar-refractivity contribution < 1.29 is 0 Å². The highest BCUT2D eigenvalue weighted by atomic mass is 79.9. The fraction of sp³-hybridized carbons (Fsp3) is 0.412. The van der Waals surface area contributed by atoms with E-state index >= 15 is 0 Å². The molecular formula is C17H24BrN5S. The zero-order valence-corrected chi connectivity index (χ0v) is 16.7. The molecule has 2 aromatic rings. The number of imidazole rings is 1. The number of hydrogen-bond acceptors (Lipinski definition) is 3. The molecule has 2 N–H and O–H groups in total. The van der Waals surface area contributed by atoms with Gasteiger partial charge in [0.2, 0.25) is 0 Å². The van der Waals surface area contributed by atoms with Crippen LogP contribution in [0.1, 0.15) is 13.8 Å². The first kappa shape index (κ1) is 18.9. The number of benzene rings is 1. The summed E-state index contributed by atoms with van der Waals surface area (Å²) < 4.78 is 3.19. The number of guanidine groups is 1. The van der Waals surface area contributed by atoms with Gasteiger partial charge in [0.05, 0.1) is 6.33 Å². The van der Waals surface area contributed by atoms with E-state index in [1.807, 2.05) is 28.9 Å². The second-order valence-electron chi connectivity index (χ2n) is 5.97. The summed E-state index contributed by atoms with van der Waals surface area (Å²) in [4.78, 5) is 9.58. The van der Waals surface area contributed by atoms with Gasteiger partial charge in [0.15, 0.2) is 5.96 Å². The summed E-state index contributed by atoms with van der Waals surface area (Å²) in [5, 5.41) is 6.73. The summed E-state index contributed by atoms with van der Waals surface area (Å²) >= 11 is 5.32. The van der Waals surface area contributed by atoms with Crippen LogP contribution in [0.15, 0.2) is 57.3 Å². The minimum Gasteiger partial charge on any atom is -0.355 e. The molecule has 0 aliphatic carbocycles. The molecule has 24 heavy (non-hydrogen) atoms. The Balaban J connectivity index is 1.77. The van der Waals surface area contributed by atoms with Crippen LogP contribution in [0.4, 0.5) is 0 Å². The van der Waals surface area contributed by atoms with Crippen LogP contribution in [0, 0.1) is 0 Å². The first-order valence-corrected chi connectivity index (χ1v) is 9.44. The molecule has 0 radical (unpaired) electrons. The minimum absolute atomic E-state index is 0.0514. The molecule has 2 rings (SSSR count). The highest BCUT2D eigenvalue weighted by molar-refractivity contribution is 9.10. The summed E-state index contributed by atoms with van der Waals surface area (Å²) in [5.74, 6) is 0.819. The fourth-order valence-corrected chi connectivity index (χ4v) is 3.42. The molecule has 5 nitrogen and oxygen atoms in total. The van der Waals surface area contributed by atoms with Gasteiger partial charge in [-0.3, -0.25) is 4.99 Å². The molecule has 1 aromatic carbocycles. The second-order valence-corrected chi connectivity index (χ2v) is 8.67. The number of nitrogens with zero attached hydrogens (tertiary/aromatic N) is 3. The monoisotopic (exact) mass is 409 g/mol. The first-order chi connectivity index (χ1) is 11.5. The number of aliphatic imine (C=N–C) groups is 1. The highest BCUT2D eigenvalue weighted by Crippen LogP contribution is 2.32. The Hall–Kier alpha value is -1.47. The second kappa shape index (κ2) is 9.13. The molecule has 0 spiro atoms. The largest absolute Gasteiger partial charge is 0.355 e. The van der Waals surface area contributed by atoms with Gasteiger partial charge >= 0.3 is 0 Å². The van der Waals surface area contributed by atoms with Gasteiger partial charge in [-0.2, -0.15) is 0 Å². The van der Waals surface area contributed by atoms with Gasteiger partial charge in [-0.1, -0.05) is 15.9 Å². The lowest BCUT2D eigenvalue weighted by Gasteiger charge is -2.25. The van der Waals surface area contributed by atoms with Crippen LogP contribution >= 0.6 is 27.7 Å². The van der Waals surface area contributed by atoms with E-state index in [0.29, 0.717) is 0 Å². The van der Waals surface area contributed by atoms with E-state index < -0.39 is 0 Å². The third-order valence-corrected chi connectivity index (χ3v) is 5.07. The topological polar surface area (TPSA) is 54.2 Å². The van der Waals surface area contributed by atoms with Gasteiger partial charge in [0.25, 0.3) is 0 Å². The normalized spacial score (nSPS) is 12.2. The van der Waals surface area contributed by atoms with Gasteiger partial charge in [-0.05, 0) is 38.1 Å². The van der Waals surface area contributed by atoms with E-state index in [4.69, 9.17) is 0 Å². The smallest absolute Gasteiger partial charge is 0.191 e. The number of nitrogens with one attached hydrogen (secondary N) is 2. The van der Waals surface area contributed by atoms with E-state index in [1.165, 1.54) is 4.90 Å². The minimum atomic E-state index is 0.0514. The Morgan fingerprint density at radius 2 is 2.04 bits per heavy atom. The number of aromatic nitrogens is 2. The van der Waals surface area contributed by atoms with Crippen molar-refractivity contribution in [1.82, 2.24) is 20.2 Å². The van der Waals surface area contributed by atoms with Crippen molar-refractivity contribution in [3.05, 3.63) is 47.5 Å². The molecule has 0 unspecified atom stereocenters. The Bertz CT molecular complexity index is 638. The molecule has 1 aromatic heterocycles. The molecular weight excluding hydrogens is 386 g/mol. The first-order valence-electron chi connectivity index (χ1n) is 7.83. The molecule has 0 aliphatic heterocycles. The molecule has 1 heterocycles. The maximum absolute atomic E-state index is 4.28. The van der Waals surface area contributed by atoms with E-state index in [0.717, 1.165) is 30.1 Å². The van der Waals surface area contributed by atoms with Crippen LogP contribution in [0.2, 0.25) is 0 Å². The maximum atomic E-state index is 4.28. The summed E-state index contributed by atoms with van der Waals surface area (Å²) in [7, 11) is 1.79. The van der Waals surface area contributed by atoms with Crippen LogP contribution in [0.5, 0.6) is 0 Å². The van der Waals surface area contributed by atoms with Crippen molar-refractivity contribution in [1.29, 1.82) is 0 Å². The molecule has 0 saturated carbocycles. The van der Waals surface area contributed by atoms with Crippen LogP contribution in [-0.2, 0) is 6.54 Å². The van der Waals surface area contributed by atoms with E-state index in [-0.39, 0.29) is 4.75 Å². The van der Waals surface area contributed by atoms with Crippen molar-refractivity contribution in [3.8, 4) is 0 Å². The predicted octanol–water partition coefficient (Wildman–Crippen LogP) is 3.38. The standard InChI is InChI=1S/C17H24BrN5S/c1-17(2,24-15-6-4-14(18)5-7-15)12-22-16(19-3)21-9-11-23-10-8-20-13-23/h4-8,10,13H,9,11-12H2,1-3H3,(H2,19,21,22). The Kier molecular flexibility index (Phi) is 7.17. The molecule has 0 aliphatic rings. The number of hydrogen-bond donors (Lipinski definition) is 2. The summed E-state index contributed by atoms with van der Waals surface area (Å²) in [5.41, 5.74) is 0. The lowest BCUT2D eigenvalue weighted by atomic mass is 10.2. The summed E-state index contributed by atoms with van der Waals surface area (Å²) in [6, 6.07) is 8.41. The average Bonchev–Trinajstić information content (AvgIpc) is 3.06. The molecule has 0 fully saturated rings. The zero-order chi connectivity index (χ0) is 17.4. The molecule has 0 bridgehead atoms. The lowest BCUT2D eigenvalue weighted by Crippen LogP contribution is -2.44. The van der Waals surface area contributed by atoms with Crippen LogP contribution in [0.3, 0.4) is 0 Å². The third kappa shape index (κ3) is 6.57. The predicted molar refractivity (Wildman–Crippen MR) is 106 cm³/mol. The molecule has 7 heteroatoms. The number of thioether (sulfide) groups is 1. The molecule has 130 valence electrons. The number of halogens is 1. The highest BCUT2D eigenvalue weighted by Gasteiger charge is 2.20. The van der Waals surface area contributed by atoms with Gasteiger partial charge in [-0.25, -0.2) is 4.98 Å². The Labute approximate surface area is 156 Å². The van der Waals surface area contributed by atoms with Gasteiger partial charge in [-0.15, -0.1) is 11.8 Å².